The molecule has 0 bridgehead atoms. The summed E-state index contributed by atoms with van der Waals surface area (Å²) in [5.74, 6) is 0.359. The Balaban J connectivity index is 1.71. The monoisotopic (exact) mass is 437 g/mol. The average Bonchev–Trinajstić information content (AvgIpc) is 2.62. The molecule has 9 heteroatoms. The van der Waals surface area contributed by atoms with Crippen LogP contribution in [0.4, 0.5) is 0 Å². The van der Waals surface area contributed by atoms with Crippen molar-refractivity contribution in [3.8, 4) is 11.5 Å². The van der Waals surface area contributed by atoms with Crippen LogP contribution in [0.2, 0.25) is 20.1 Å². The van der Waals surface area contributed by atoms with E-state index in [2.05, 4.69) is 5.32 Å². The molecule has 1 amide bonds. The Kier molecular flexibility index (Phi) is 8.13. The summed E-state index contributed by atoms with van der Waals surface area (Å²) in [7, 11) is 0. The lowest BCUT2D eigenvalue weighted by molar-refractivity contribution is -0.123. The summed E-state index contributed by atoms with van der Waals surface area (Å²) in [6.45, 7) is -0.304. The van der Waals surface area contributed by atoms with Gasteiger partial charge in [-0.05, 0) is 24.3 Å². The second kappa shape index (κ2) is 10.1. The van der Waals surface area contributed by atoms with E-state index in [-0.39, 0.29) is 24.8 Å². The predicted molar refractivity (Wildman–Crippen MR) is 103 cm³/mol. The first-order valence-electron chi connectivity index (χ1n) is 7.46. The smallest absolute Gasteiger partial charge is 0.258 e. The van der Waals surface area contributed by atoms with Crippen LogP contribution in [-0.4, -0.2) is 36.9 Å². The van der Waals surface area contributed by atoms with Gasteiger partial charge < -0.3 is 19.9 Å². The number of carbonyl (C=O) groups is 1. The molecule has 0 spiro atoms. The molecule has 2 rings (SSSR count). The highest BCUT2D eigenvalue weighted by Gasteiger charge is 2.11. The van der Waals surface area contributed by atoms with Crippen molar-refractivity contribution in [2.24, 2.45) is 0 Å². The zero-order valence-corrected chi connectivity index (χ0v) is 16.4. The SMILES string of the molecule is O=C(COc1ccc(Cl)c(Cl)c1)NCC(O)COc1cccc(Cl)c1Cl. The first-order chi connectivity index (χ1) is 12.4. The van der Waals surface area contributed by atoms with Crippen molar-refractivity contribution in [1.29, 1.82) is 0 Å². The molecule has 0 fully saturated rings. The number of aliphatic hydroxyl groups excluding tert-OH is 1. The minimum absolute atomic E-state index is 0.0122. The van der Waals surface area contributed by atoms with E-state index in [4.69, 9.17) is 55.9 Å². The maximum absolute atomic E-state index is 11.8. The summed E-state index contributed by atoms with van der Waals surface area (Å²) in [6, 6.07) is 9.61. The highest BCUT2D eigenvalue weighted by atomic mass is 35.5. The lowest BCUT2D eigenvalue weighted by Crippen LogP contribution is -2.37. The van der Waals surface area contributed by atoms with Crippen LogP contribution >= 0.6 is 46.4 Å². The van der Waals surface area contributed by atoms with Gasteiger partial charge in [0.1, 0.15) is 29.2 Å². The number of amides is 1. The third-order valence-electron chi connectivity index (χ3n) is 3.14. The Bertz CT molecular complexity index is 772. The van der Waals surface area contributed by atoms with Crippen molar-refractivity contribution in [2.75, 3.05) is 19.8 Å². The number of halogens is 4. The molecule has 140 valence electrons. The van der Waals surface area contributed by atoms with E-state index >= 15 is 0 Å². The second-order valence-electron chi connectivity index (χ2n) is 5.19. The summed E-state index contributed by atoms with van der Waals surface area (Å²) < 4.78 is 10.7. The molecule has 2 N–H and O–H groups in total. The van der Waals surface area contributed by atoms with Crippen molar-refractivity contribution < 1.29 is 19.4 Å². The van der Waals surface area contributed by atoms with E-state index in [1.165, 1.54) is 6.07 Å². The Morgan fingerprint density at radius 2 is 1.81 bits per heavy atom. The minimum atomic E-state index is -0.932. The van der Waals surface area contributed by atoms with E-state index in [0.717, 1.165) is 0 Å². The molecule has 1 unspecified atom stereocenters. The van der Waals surface area contributed by atoms with Gasteiger partial charge in [0.15, 0.2) is 6.61 Å². The highest BCUT2D eigenvalue weighted by Crippen LogP contribution is 2.31. The van der Waals surface area contributed by atoms with E-state index in [1.807, 2.05) is 0 Å². The van der Waals surface area contributed by atoms with Crippen LogP contribution in [0.3, 0.4) is 0 Å². The molecule has 0 heterocycles. The molecule has 0 saturated carbocycles. The van der Waals surface area contributed by atoms with E-state index < -0.39 is 12.0 Å². The molecule has 26 heavy (non-hydrogen) atoms. The first kappa shape index (κ1) is 20.9. The number of aliphatic hydroxyl groups is 1. The van der Waals surface area contributed by atoms with Gasteiger partial charge in [-0.1, -0.05) is 52.5 Å². The maximum atomic E-state index is 11.8. The standard InChI is InChI=1S/C17H15Cl4NO4/c18-12-5-4-11(6-14(12)20)25-9-16(24)22-7-10(23)8-26-15-3-1-2-13(19)17(15)21/h1-6,10,23H,7-9H2,(H,22,24). The van der Waals surface area contributed by atoms with E-state index in [0.29, 0.717) is 26.6 Å². The Labute approximate surface area is 170 Å². The van der Waals surface area contributed by atoms with Crippen LogP contribution in [-0.2, 0) is 4.79 Å². The predicted octanol–water partition coefficient (Wildman–Crippen LogP) is 4.24. The normalized spacial score (nSPS) is 11.7. The van der Waals surface area contributed by atoms with Crippen LogP contribution in [0.1, 0.15) is 0 Å². The van der Waals surface area contributed by atoms with Crippen LogP contribution in [0, 0.1) is 0 Å². The summed E-state index contributed by atoms with van der Waals surface area (Å²) in [5.41, 5.74) is 0. The molecule has 0 aliphatic rings. The molecule has 0 aliphatic carbocycles. The Morgan fingerprint density at radius 1 is 1.04 bits per heavy atom. The van der Waals surface area contributed by atoms with Crippen molar-refractivity contribution in [3.05, 3.63) is 56.5 Å². The molecule has 0 aromatic heterocycles. The van der Waals surface area contributed by atoms with E-state index in [1.54, 1.807) is 30.3 Å². The molecule has 2 aromatic carbocycles. The van der Waals surface area contributed by atoms with Gasteiger partial charge in [-0.3, -0.25) is 4.79 Å². The fourth-order valence-corrected chi connectivity index (χ4v) is 2.47. The largest absolute Gasteiger partial charge is 0.489 e. The van der Waals surface area contributed by atoms with Gasteiger partial charge in [0.2, 0.25) is 0 Å². The maximum Gasteiger partial charge on any atom is 0.258 e. The second-order valence-corrected chi connectivity index (χ2v) is 6.79. The quantitative estimate of drug-likeness (QED) is 0.646. The van der Waals surface area contributed by atoms with Crippen molar-refractivity contribution in [3.63, 3.8) is 0 Å². The Morgan fingerprint density at radius 3 is 2.54 bits per heavy atom. The van der Waals surface area contributed by atoms with Gasteiger partial charge in [-0.2, -0.15) is 0 Å². The lowest BCUT2D eigenvalue weighted by atomic mass is 10.3. The van der Waals surface area contributed by atoms with E-state index in [9.17, 15) is 9.90 Å². The van der Waals surface area contributed by atoms with Gasteiger partial charge in [0, 0.05) is 12.6 Å². The number of benzene rings is 2. The summed E-state index contributed by atoms with van der Waals surface area (Å²) >= 11 is 23.5. The molecular weight excluding hydrogens is 424 g/mol. The molecular formula is C17H15Cl4NO4. The summed E-state index contributed by atoms with van der Waals surface area (Å²) in [6.07, 6.45) is -0.932. The number of carbonyl (C=O) groups excluding carboxylic acids is 1. The summed E-state index contributed by atoms with van der Waals surface area (Å²) in [5, 5.41) is 13.8. The van der Waals surface area contributed by atoms with Crippen LogP contribution in [0.25, 0.3) is 0 Å². The van der Waals surface area contributed by atoms with Crippen molar-refractivity contribution in [1.82, 2.24) is 5.32 Å². The first-order valence-corrected chi connectivity index (χ1v) is 8.97. The number of rotatable bonds is 8. The molecule has 1 atom stereocenters. The topological polar surface area (TPSA) is 67.8 Å². The van der Waals surface area contributed by atoms with Gasteiger partial charge in [0.25, 0.3) is 5.91 Å². The Hall–Kier alpha value is -1.37. The van der Waals surface area contributed by atoms with Gasteiger partial charge in [-0.15, -0.1) is 0 Å². The fraction of sp³-hybridized carbons (Fsp3) is 0.235. The van der Waals surface area contributed by atoms with Gasteiger partial charge in [0.05, 0.1) is 15.1 Å². The fourth-order valence-electron chi connectivity index (χ4n) is 1.84. The number of hydrogen-bond acceptors (Lipinski definition) is 4. The van der Waals surface area contributed by atoms with Crippen LogP contribution < -0.4 is 14.8 Å². The van der Waals surface area contributed by atoms with Crippen molar-refractivity contribution >= 4 is 52.3 Å². The van der Waals surface area contributed by atoms with Gasteiger partial charge >= 0.3 is 0 Å². The third kappa shape index (κ3) is 6.41. The molecule has 0 saturated heterocycles. The number of ether oxygens (including phenoxy) is 2. The highest BCUT2D eigenvalue weighted by molar-refractivity contribution is 6.43. The van der Waals surface area contributed by atoms with Crippen LogP contribution in [0.15, 0.2) is 36.4 Å². The minimum Gasteiger partial charge on any atom is -0.489 e. The number of nitrogens with one attached hydrogen (secondary N) is 1. The third-order valence-corrected chi connectivity index (χ3v) is 4.68. The molecule has 5 nitrogen and oxygen atoms in total. The number of hydrogen-bond donors (Lipinski definition) is 2. The lowest BCUT2D eigenvalue weighted by Gasteiger charge is -2.14. The summed E-state index contributed by atoms with van der Waals surface area (Å²) in [4.78, 5) is 11.8. The zero-order chi connectivity index (χ0) is 19.1. The van der Waals surface area contributed by atoms with Crippen molar-refractivity contribution in [2.45, 2.75) is 6.10 Å². The molecule has 2 aromatic rings. The van der Waals surface area contributed by atoms with Gasteiger partial charge in [-0.25, -0.2) is 0 Å². The van der Waals surface area contributed by atoms with Crippen LogP contribution in [0.5, 0.6) is 11.5 Å². The molecule has 0 aliphatic heterocycles. The average molecular weight is 439 g/mol. The zero-order valence-electron chi connectivity index (χ0n) is 13.3. The molecule has 0 radical (unpaired) electrons.